The molecule has 146 valence electrons. The number of piperazine rings is 1. The minimum Gasteiger partial charge on any atom is -0.495 e. The Morgan fingerprint density at radius 3 is 2.46 bits per heavy atom. The molecule has 1 aliphatic rings. The minimum atomic E-state index is -0.253. The Morgan fingerprint density at radius 1 is 1.14 bits per heavy atom. The van der Waals surface area contributed by atoms with Crippen LogP contribution in [0.4, 0.5) is 5.69 Å². The summed E-state index contributed by atoms with van der Waals surface area (Å²) >= 11 is 6.20. The van der Waals surface area contributed by atoms with Gasteiger partial charge < -0.3 is 14.5 Å². The number of nitrogens with one attached hydrogen (secondary N) is 1. The van der Waals surface area contributed by atoms with Crippen LogP contribution in [0.15, 0.2) is 53.5 Å². The van der Waals surface area contributed by atoms with Gasteiger partial charge in [0.25, 0.3) is 5.91 Å². The molecular formula is C20H21ClN4O3. The van der Waals surface area contributed by atoms with Crippen molar-refractivity contribution in [1.29, 1.82) is 0 Å². The fraction of sp³-hybridized carbons (Fsp3) is 0.250. The molecule has 2 aromatic carbocycles. The SMILES string of the molecule is COc1ccc(N=C(NC(=O)c2ccccc2)N2CCN(C=O)CC2)cc1Cl. The number of aliphatic imine (C=N–C) groups is 1. The van der Waals surface area contributed by atoms with Crippen LogP contribution in [-0.2, 0) is 4.79 Å². The van der Waals surface area contributed by atoms with Gasteiger partial charge in [0, 0.05) is 31.7 Å². The number of amides is 2. The summed E-state index contributed by atoms with van der Waals surface area (Å²) in [5.74, 6) is 0.715. The Balaban J connectivity index is 1.86. The molecule has 1 aliphatic heterocycles. The second-order valence-corrected chi connectivity index (χ2v) is 6.61. The van der Waals surface area contributed by atoms with Crippen molar-refractivity contribution in [2.24, 2.45) is 4.99 Å². The molecule has 0 spiro atoms. The third-order valence-electron chi connectivity index (χ3n) is 4.39. The average Bonchev–Trinajstić information content (AvgIpc) is 2.74. The zero-order valence-electron chi connectivity index (χ0n) is 15.5. The predicted octanol–water partition coefficient (Wildman–Crippen LogP) is 2.54. The number of carbonyl (C=O) groups is 2. The van der Waals surface area contributed by atoms with Crippen molar-refractivity contribution in [3.8, 4) is 5.75 Å². The average molecular weight is 401 g/mol. The Morgan fingerprint density at radius 2 is 1.86 bits per heavy atom. The van der Waals surface area contributed by atoms with Gasteiger partial charge in [0.1, 0.15) is 5.75 Å². The smallest absolute Gasteiger partial charge is 0.257 e. The van der Waals surface area contributed by atoms with Crippen LogP contribution in [0.5, 0.6) is 5.75 Å². The van der Waals surface area contributed by atoms with Crippen molar-refractivity contribution < 1.29 is 14.3 Å². The van der Waals surface area contributed by atoms with E-state index in [-0.39, 0.29) is 5.91 Å². The normalized spacial score (nSPS) is 14.6. The molecule has 1 N–H and O–H groups in total. The summed E-state index contributed by atoms with van der Waals surface area (Å²) in [6, 6.07) is 14.1. The summed E-state index contributed by atoms with van der Waals surface area (Å²) in [6.07, 6.45) is 0.833. The highest BCUT2D eigenvalue weighted by Gasteiger charge is 2.21. The lowest BCUT2D eigenvalue weighted by Gasteiger charge is -2.34. The van der Waals surface area contributed by atoms with E-state index >= 15 is 0 Å². The summed E-state index contributed by atoms with van der Waals surface area (Å²) < 4.78 is 5.17. The molecule has 3 rings (SSSR count). The molecule has 2 aromatic rings. The van der Waals surface area contributed by atoms with Gasteiger partial charge in [0.2, 0.25) is 12.4 Å². The summed E-state index contributed by atoms with van der Waals surface area (Å²) in [5.41, 5.74) is 1.13. The molecule has 0 bridgehead atoms. The number of nitrogens with zero attached hydrogens (tertiary/aromatic N) is 3. The van der Waals surface area contributed by atoms with Crippen molar-refractivity contribution in [3.05, 3.63) is 59.1 Å². The van der Waals surface area contributed by atoms with E-state index in [1.165, 1.54) is 0 Å². The van der Waals surface area contributed by atoms with E-state index in [0.29, 0.717) is 54.2 Å². The van der Waals surface area contributed by atoms with E-state index < -0.39 is 0 Å². The van der Waals surface area contributed by atoms with Gasteiger partial charge in [-0.15, -0.1) is 0 Å². The fourth-order valence-corrected chi connectivity index (χ4v) is 3.08. The van der Waals surface area contributed by atoms with Gasteiger partial charge in [-0.2, -0.15) is 0 Å². The standard InChI is InChI=1S/C20H21ClN4O3/c1-28-18-8-7-16(13-17(18)21)22-20(25-11-9-24(14-26)10-12-25)23-19(27)15-5-3-2-4-6-15/h2-8,13-14H,9-12H2,1H3,(H,22,23,27). The van der Waals surface area contributed by atoms with E-state index in [0.717, 1.165) is 6.41 Å². The van der Waals surface area contributed by atoms with Gasteiger partial charge in [-0.3, -0.25) is 14.9 Å². The Kier molecular flexibility index (Phi) is 6.49. The molecule has 0 atom stereocenters. The molecule has 28 heavy (non-hydrogen) atoms. The molecule has 1 heterocycles. The first-order valence-corrected chi connectivity index (χ1v) is 9.21. The van der Waals surface area contributed by atoms with Crippen molar-refractivity contribution in [2.75, 3.05) is 33.3 Å². The molecule has 0 aromatic heterocycles. The van der Waals surface area contributed by atoms with Crippen LogP contribution in [0.3, 0.4) is 0 Å². The number of carbonyl (C=O) groups excluding carboxylic acids is 2. The van der Waals surface area contributed by atoms with Gasteiger partial charge in [0.05, 0.1) is 17.8 Å². The highest BCUT2D eigenvalue weighted by molar-refractivity contribution is 6.32. The Labute approximate surface area is 168 Å². The van der Waals surface area contributed by atoms with Crippen LogP contribution in [0.2, 0.25) is 5.02 Å². The van der Waals surface area contributed by atoms with Crippen LogP contribution in [0.1, 0.15) is 10.4 Å². The molecule has 0 aliphatic carbocycles. The van der Waals surface area contributed by atoms with E-state index in [1.54, 1.807) is 54.5 Å². The van der Waals surface area contributed by atoms with Crippen LogP contribution >= 0.6 is 11.6 Å². The Bertz CT molecular complexity index is 865. The zero-order valence-corrected chi connectivity index (χ0v) is 16.2. The molecule has 1 fully saturated rings. The van der Waals surface area contributed by atoms with Gasteiger partial charge in [-0.1, -0.05) is 29.8 Å². The molecule has 1 saturated heterocycles. The fourth-order valence-electron chi connectivity index (χ4n) is 2.83. The van der Waals surface area contributed by atoms with E-state index in [4.69, 9.17) is 16.3 Å². The number of halogens is 1. The van der Waals surface area contributed by atoms with Gasteiger partial charge in [-0.25, -0.2) is 4.99 Å². The highest BCUT2D eigenvalue weighted by atomic mass is 35.5. The maximum absolute atomic E-state index is 12.6. The first-order chi connectivity index (χ1) is 13.6. The second kappa shape index (κ2) is 9.23. The first-order valence-electron chi connectivity index (χ1n) is 8.83. The van der Waals surface area contributed by atoms with Crippen LogP contribution in [-0.4, -0.2) is 61.4 Å². The van der Waals surface area contributed by atoms with Crippen molar-refractivity contribution >= 4 is 35.6 Å². The Hall–Kier alpha value is -3.06. The number of guanidine groups is 1. The van der Waals surface area contributed by atoms with Gasteiger partial charge >= 0.3 is 0 Å². The molecule has 0 radical (unpaired) electrons. The third kappa shape index (κ3) is 4.80. The highest BCUT2D eigenvalue weighted by Crippen LogP contribution is 2.28. The monoisotopic (exact) mass is 400 g/mol. The topological polar surface area (TPSA) is 74.2 Å². The maximum atomic E-state index is 12.6. The largest absolute Gasteiger partial charge is 0.495 e. The van der Waals surface area contributed by atoms with Crippen molar-refractivity contribution in [2.45, 2.75) is 0 Å². The van der Waals surface area contributed by atoms with Crippen molar-refractivity contribution in [1.82, 2.24) is 15.1 Å². The summed E-state index contributed by atoms with van der Waals surface area (Å²) in [4.78, 5) is 31.8. The number of rotatable bonds is 4. The summed E-state index contributed by atoms with van der Waals surface area (Å²) in [5, 5.41) is 3.32. The van der Waals surface area contributed by atoms with E-state index in [9.17, 15) is 9.59 Å². The molecular weight excluding hydrogens is 380 g/mol. The number of hydrogen-bond donors (Lipinski definition) is 1. The van der Waals surface area contributed by atoms with Crippen LogP contribution < -0.4 is 10.1 Å². The predicted molar refractivity (Wildman–Crippen MR) is 108 cm³/mol. The maximum Gasteiger partial charge on any atom is 0.257 e. The molecule has 2 amide bonds. The van der Waals surface area contributed by atoms with Gasteiger partial charge in [-0.05, 0) is 30.3 Å². The lowest BCUT2D eigenvalue weighted by atomic mass is 10.2. The lowest BCUT2D eigenvalue weighted by molar-refractivity contribution is -0.119. The van der Waals surface area contributed by atoms with E-state index in [2.05, 4.69) is 10.3 Å². The van der Waals surface area contributed by atoms with E-state index in [1.807, 2.05) is 11.0 Å². The molecule has 8 heteroatoms. The third-order valence-corrected chi connectivity index (χ3v) is 4.69. The number of hydrogen-bond acceptors (Lipinski definition) is 4. The second-order valence-electron chi connectivity index (χ2n) is 6.20. The number of benzene rings is 2. The molecule has 7 nitrogen and oxygen atoms in total. The van der Waals surface area contributed by atoms with Crippen molar-refractivity contribution in [3.63, 3.8) is 0 Å². The number of ether oxygens (including phenoxy) is 1. The van der Waals surface area contributed by atoms with Gasteiger partial charge in [0.15, 0.2) is 0 Å². The zero-order chi connectivity index (χ0) is 19.9. The summed E-state index contributed by atoms with van der Waals surface area (Å²) in [6.45, 7) is 2.26. The summed E-state index contributed by atoms with van der Waals surface area (Å²) in [7, 11) is 1.54. The van der Waals surface area contributed by atoms with Crippen LogP contribution in [0.25, 0.3) is 0 Å². The molecule has 0 unspecified atom stereocenters. The quantitative estimate of drug-likeness (QED) is 0.486. The first kappa shape index (κ1) is 19.7. The van der Waals surface area contributed by atoms with Crippen LogP contribution in [0, 0.1) is 0 Å². The minimum absolute atomic E-state index is 0.253. The lowest BCUT2D eigenvalue weighted by Crippen LogP contribution is -2.53. The molecule has 0 saturated carbocycles. The number of methoxy groups -OCH3 is 1.